The molecule has 1 aromatic heterocycles. The van der Waals surface area contributed by atoms with Crippen LogP contribution in [0.15, 0.2) is 23.0 Å². The van der Waals surface area contributed by atoms with Crippen molar-refractivity contribution >= 4 is 12.2 Å². The third-order valence-corrected chi connectivity index (χ3v) is 2.07. The molecule has 78 valence electrons. The lowest BCUT2D eigenvalue weighted by Gasteiger charge is -2.00. The Morgan fingerprint density at radius 1 is 1.13 bits per heavy atom. The summed E-state index contributed by atoms with van der Waals surface area (Å²) in [6.07, 6.45) is 0. The molecule has 1 heterocycles. The zero-order valence-electron chi connectivity index (χ0n) is 7.25. The molecule has 0 atom stereocenters. The number of halogens is 2. The van der Waals surface area contributed by atoms with Gasteiger partial charge in [-0.1, -0.05) is 0 Å². The first-order chi connectivity index (χ1) is 7.08. The number of rotatable bonds is 1. The number of nitrogens with one attached hydrogen (secondary N) is 2. The van der Waals surface area contributed by atoms with E-state index < -0.39 is 17.3 Å². The Labute approximate surface area is 87.2 Å². The molecule has 0 aliphatic heterocycles. The lowest BCUT2D eigenvalue weighted by Crippen LogP contribution is -2.15. The molecular formula is C8H5F2N3OS. The number of hydrogen-bond donors (Lipinski definition) is 2. The Kier molecular flexibility index (Phi) is 2.24. The van der Waals surface area contributed by atoms with E-state index in [9.17, 15) is 13.6 Å². The van der Waals surface area contributed by atoms with E-state index in [1.807, 2.05) is 0 Å². The third kappa shape index (κ3) is 1.73. The third-order valence-electron chi connectivity index (χ3n) is 1.79. The standard InChI is InChI=1S/C8H5F2N3OS/c9-4-1-5(10)3-6(2-4)13-7(14)11-12-8(13)15/h1-3H,(H,11,14)(H,12,15). The van der Waals surface area contributed by atoms with Gasteiger partial charge in [0, 0.05) is 6.07 Å². The Balaban J connectivity index is 2.74. The largest absolute Gasteiger partial charge is 0.347 e. The molecule has 0 saturated heterocycles. The molecule has 0 amide bonds. The molecule has 7 heteroatoms. The van der Waals surface area contributed by atoms with Gasteiger partial charge in [-0.05, 0) is 24.4 Å². The predicted octanol–water partition coefficient (Wildman–Crippen LogP) is 1.50. The maximum Gasteiger partial charge on any atom is 0.347 e. The summed E-state index contributed by atoms with van der Waals surface area (Å²) in [6, 6.07) is 2.75. The monoisotopic (exact) mass is 229 g/mol. The Bertz CT molecular complexity index is 565. The van der Waals surface area contributed by atoms with Crippen molar-refractivity contribution in [2.45, 2.75) is 0 Å². The summed E-state index contributed by atoms with van der Waals surface area (Å²) < 4.78 is 26.8. The van der Waals surface area contributed by atoms with Crippen molar-refractivity contribution in [1.29, 1.82) is 0 Å². The maximum atomic E-state index is 12.9. The summed E-state index contributed by atoms with van der Waals surface area (Å²) in [6.45, 7) is 0. The van der Waals surface area contributed by atoms with E-state index in [0.717, 1.165) is 16.7 Å². The smallest absolute Gasteiger partial charge is 0.272 e. The molecule has 15 heavy (non-hydrogen) atoms. The first-order valence-corrected chi connectivity index (χ1v) is 4.35. The maximum absolute atomic E-state index is 12.9. The molecule has 0 saturated carbocycles. The van der Waals surface area contributed by atoms with Crippen LogP contribution in [0.4, 0.5) is 8.78 Å². The van der Waals surface area contributed by atoms with E-state index in [1.54, 1.807) is 0 Å². The minimum absolute atomic E-state index is 0.0417. The Morgan fingerprint density at radius 3 is 2.20 bits per heavy atom. The number of aromatic nitrogens is 3. The van der Waals surface area contributed by atoms with Crippen molar-refractivity contribution in [2.75, 3.05) is 0 Å². The molecule has 2 N–H and O–H groups in total. The summed E-state index contributed by atoms with van der Waals surface area (Å²) >= 11 is 4.77. The van der Waals surface area contributed by atoms with Crippen LogP contribution < -0.4 is 5.69 Å². The highest BCUT2D eigenvalue weighted by molar-refractivity contribution is 7.71. The van der Waals surface area contributed by atoms with Crippen LogP contribution in [-0.2, 0) is 0 Å². The lowest BCUT2D eigenvalue weighted by atomic mass is 10.3. The number of aromatic amines is 2. The number of nitrogens with zero attached hydrogens (tertiary/aromatic N) is 1. The summed E-state index contributed by atoms with van der Waals surface area (Å²) in [5.41, 5.74) is -0.537. The fourth-order valence-electron chi connectivity index (χ4n) is 1.21. The van der Waals surface area contributed by atoms with Crippen molar-refractivity contribution < 1.29 is 8.78 Å². The molecule has 0 fully saturated rings. The van der Waals surface area contributed by atoms with Gasteiger partial charge >= 0.3 is 5.69 Å². The molecule has 0 unspecified atom stereocenters. The van der Waals surface area contributed by atoms with Gasteiger partial charge in [-0.25, -0.2) is 23.2 Å². The fourth-order valence-corrected chi connectivity index (χ4v) is 1.45. The predicted molar refractivity (Wildman–Crippen MR) is 51.5 cm³/mol. The van der Waals surface area contributed by atoms with Crippen LogP contribution in [0.25, 0.3) is 5.69 Å². The lowest BCUT2D eigenvalue weighted by molar-refractivity contribution is 0.581. The van der Waals surface area contributed by atoms with Gasteiger partial charge in [-0.2, -0.15) is 0 Å². The van der Waals surface area contributed by atoms with Gasteiger partial charge in [-0.3, -0.25) is 5.10 Å². The molecule has 0 aliphatic rings. The minimum Gasteiger partial charge on any atom is -0.272 e. The van der Waals surface area contributed by atoms with Crippen molar-refractivity contribution in [2.24, 2.45) is 0 Å². The van der Waals surface area contributed by atoms with Crippen LogP contribution in [0.2, 0.25) is 0 Å². The minimum atomic E-state index is -0.771. The van der Waals surface area contributed by atoms with Gasteiger partial charge in [-0.15, -0.1) is 0 Å². The van der Waals surface area contributed by atoms with E-state index >= 15 is 0 Å². The highest BCUT2D eigenvalue weighted by Crippen LogP contribution is 2.10. The molecule has 0 spiro atoms. The highest BCUT2D eigenvalue weighted by atomic mass is 32.1. The number of hydrogen-bond acceptors (Lipinski definition) is 2. The van der Waals surface area contributed by atoms with Crippen LogP contribution in [0, 0.1) is 16.4 Å². The molecule has 4 nitrogen and oxygen atoms in total. The van der Waals surface area contributed by atoms with Crippen LogP contribution in [0.5, 0.6) is 0 Å². The zero-order chi connectivity index (χ0) is 11.0. The molecular weight excluding hydrogens is 224 g/mol. The van der Waals surface area contributed by atoms with Crippen LogP contribution in [0.3, 0.4) is 0 Å². The first kappa shape index (κ1) is 9.78. The second-order valence-corrected chi connectivity index (χ2v) is 3.21. The Hall–Kier alpha value is -1.76. The zero-order valence-corrected chi connectivity index (χ0v) is 8.07. The molecule has 0 radical (unpaired) electrons. The fraction of sp³-hybridized carbons (Fsp3) is 0. The topological polar surface area (TPSA) is 53.6 Å². The summed E-state index contributed by atoms with van der Waals surface area (Å²) in [5, 5.41) is 4.58. The first-order valence-electron chi connectivity index (χ1n) is 3.94. The van der Waals surface area contributed by atoms with Gasteiger partial charge in [0.05, 0.1) is 5.69 Å². The van der Waals surface area contributed by atoms with E-state index in [0.29, 0.717) is 6.07 Å². The van der Waals surface area contributed by atoms with Crippen molar-refractivity contribution in [3.63, 3.8) is 0 Å². The molecule has 1 aromatic carbocycles. The molecule has 0 aliphatic carbocycles. The van der Waals surface area contributed by atoms with Gasteiger partial charge in [0.1, 0.15) is 11.6 Å². The summed E-state index contributed by atoms with van der Waals surface area (Å²) in [7, 11) is 0. The highest BCUT2D eigenvalue weighted by Gasteiger charge is 2.06. The second kappa shape index (κ2) is 3.43. The van der Waals surface area contributed by atoms with E-state index in [1.165, 1.54) is 0 Å². The average molecular weight is 229 g/mol. The van der Waals surface area contributed by atoms with Crippen molar-refractivity contribution in [3.8, 4) is 5.69 Å². The quantitative estimate of drug-likeness (QED) is 0.728. The number of benzene rings is 1. The Morgan fingerprint density at radius 2 is 1.73 bits per heavy atom. The number of H-pyrrole nitrogens is 2. The van der Waals surface area contributed by atoms with Crippen LogP contribution in [-0.4, -0.2) is 14.8 Å². The summed E-state index contributed by atoms with van der Waals surface area (Å²) in [4.78, 5) is 11.2. The normalized spacial score (nSPS) is 10.5. The van der Waals surface area contributed by atoms with Crippen molar-refractivity contribution in [1.82, 2.24) is 14.8 Å². The SMILES string of the molecule is O=c1[nH][nH]c(=S)n1-c1cc(F)cc(F)c1. The molecule has 0 bridgehead atoms. The van der Waals surface area contributed by atoms with Gasteiger partial charge in [0.15, 0.2) is 0 Å². The van der Waals surface area contributed by atoms with Gasteiger partial charge < -0.3 is 0 Å². The van der Waals surface area contributed by atoms with Gasteiger partial charge in [0.25, 0.3) is 0 Å². The van der Waals surface area contributed by atoms with E-state index in [-0.39, 0.29) is 10.5 Å². The average Bonchev–Trinajstić information content (AvgIpc) is 2.44. The van der Waals surface area contributed by atoms with Crippen molar-refractivity contribution in [3.05, 3.63) is 45.1 Å². The molecule has 2 aromatic rings. The van der Waals surface area contributed by atoms with Crippen LogP contribution in [0.1, 0.15) is 0 Å². The second-order valence-electron chi connectivity index (χ2n) is 2.82. The summed E-state index contributed by atoms with van der Waals surface area (Å²) in [5.74, 6) is -1.54. The molecule has 2 rings (SSSR count). The van der Waals surface area contributed by atoms with Crippen LogP contribution >= 0.6 is 12.2 Å². The van der Waals surface area contributed by atoms with E-state index in [2.05, 4.69) is 10.2 Å². The van der Waals surface area contributed by atoms with Gasteiger partial charge in [0.2, 0.25) is 4.77 Å². The van der Waals surface area contributed by atoms with E-state index in [4.69, 9.17) is 12.2 Å².